The smallest absolute Gasteiger partial charge is 0.325 e. The van der Waals surface area contributed by atoms with Gasteiger partial charge in [-0.05, 0) is 30.3 Å². The molecule has 7 heteroatoms. The van der Waals surface area contributed by atoms with Gasteiger partial charge in [-0.15, -0.1) is 0 Å². The van der Waals surface area contributed by atoms with E-state index < -0.39 is 30.1 Å². The third kappa shape index (κ3) is 4.75. The number of nitrogens with one attached hydrogen (secondary N) is 1. The maximum Gasteiger partial charge on any atom is 0.325 e. The number of benzene rings is 2. The molecule has 0 saturated heterocycles. The Balaban J connectivity index is 1.85. The van der Waals surface area contributed by atoms with Gasteiger partial charge in [-0.25, -0.2) is 8.78 Å². The van der Waals surface area contributed by atoms with Crippen LogP contribution < -0.4 is 5.32 Å². The minimum Gasteiger partial charge on any atom is -0.459 e. The number of carbonyl (C=O) groups excluding carboxylic acids is 2. The summed E-state index contributed by atoms with van der Waals surface area (Å²) < 4.78 is 31.3. The van der Waals surface area contributed by atoms with E-state index in [4.69, 9.17) is 16.3 Å². The van der Waals surface area contributed by atoms with Gasteiger partial charge >= 0.3 is 5.97 Å². The Morgan fingerprint density at radius 3 is 2.57 bits per heavy atom. The van der Waals surface area contributed by atoms with Crippen LogP contribution in [0.25, 0.3) is 0 Å². The van der Waals surface area contributed by atoms with Gasteiger partial charge in [0.05, 0.1) is 5.02 Å². The van der Waals surface area contributed by atoms with Crippen molar-refractivity contribution < 1.29 is 23.1 Å². The molecule has 0 aliphatic rings. The fourth-order valence-electron chi connectivity index (χ4n) is 1.76. The molecule has 0 unspecified atom stereocenters. The summed E-state index contributed by atoms with van der Waals surface area (Å²) in [5.74, 6) is -2.54. The first kappa shape index (κ1) is 16.9. The molecule has 4 nitrogen and oxygen atoms in total. The average Bonchev–Trinajstić information content (AvgIpc) is 2.52. The van der Waals surface area contributed by atoms with Crippen LogP contribution >= 0.6 is 11.6 Å². The topological polar surface area (TPSA) is 55.4 Å². The molecule has 1 N–H and O–H groups in total. The maximum atomic E-state index is 13.5. The van der Waals surface area contributed by atoms with Gasteiger partial charge in [0, 0.05) is 11.1 Å². The van der Waals surface area contributed by atoms with Gasteiger partial charge in [0.1, 0.15) is 24.8 Å². The molecule has 0 aromatic heterocycles. The number of amides is 1. The van der Waals surface area contributed by atoms with Crippen molar-refractivity contribution in [1.82, 2.24) is 5.32 Å². The van der Waals surface area contributed by atoms with Crippen molar-refractivity contribution >= 4 is 23.5 Å². The van der Waals surface area contributed by atoms with E-state index in [9.17, 15) is 18.4 Å². The highest BCUT2D eigenvalue weighted by atomic mass is 35.5. The minimum atomic E-state index is -0.769. The standard InChI is InChI=1S/C16H12ClF2NO3/c17-13-5-2-6-14(19)12(13)9-23-15(21)8-20-16(22)10-3-1-4-11(18)7-10/h1-7H,8-9H2,(H,20,22). The Morgan fingerprint density at radius 2 is 1.87 bits per heavy atom. The predicted octanol–water partition coefficient (Wildman–Crippen LogP) is 3.09. The normalized spacial score (nSPS) is 10.2. The second-order valence-electron chi connectivity index (χ2n) is 4.55. The number of ether oxygens (including phenoxy) is 1. The zero-order valence-corrected chi connectivity index (χ0v) is 12.6. The lowest BCUT2D eigenvalue weighted by Crippen LogP contribution is -2.30. The van der Waals surface area contributed by atoms with Crippen LogP contribution in [0.15, 0.2) is 42.5 Å². The van der Waals surface area contributed by atoms with Crippen LogP contribution in [0.4, 0.5) is 8.78 Å². The van der Waals surface area contributed by atoms with Gasteiger partial charge in [0.2, 0.25) is 0 Å². The van der Waals surface area contributed by atoms with Crippen molar-refractivity contribution in [2.75, 3.05) is 6.54 Å². The van der Waals surface area contributed by atoms with Crippen molar-refractivity contribution in [1.29, 1.82) is 0 Å². The Labute approximate surface area is 136 Å². The lowest BCUT2D eigenvalue weighted by molar-refractivity contribution is -0.143. The maximum absolute atomic E-state index is 13.5. The Bertz CT molecular complexity index is 717. The highest BCUT2D eigenvalue weighted by molar-refractivity contribution is 6.31. The van der Waals surface area contributed by atoms with E-state index in [1.54, 1.807) is 0 Å². The lowest BCUT2D eigenvalue weighted by atomic mass is 10.2. The van der Waals surface area contributed by atoms with Gasteiger partial charge in [0.15, 0.2) is 0 Å². The molecule has 0 atom stereocenters. The van der Waals surface area contributed by atoms with Crippen molar-refractivity contribution in [3.63, 3.8) is 0 Å². The molecule has 120 valence electrons. The summed E-state index contributed by atoms with van der Waals surface area (Å²) in [7, 11) is 0. The van der Waals surface area contributed by atoms with Crippen LogP contribution in [0.3, 0.4) is 0 Å². The Morgan fingerprint density at radius 1 is 1.13 bits per heavy atom. The molecule has 2 aromatic carbocycles. The summed E-state index contributed by atoms with van der Waals surface area (Å²) in [6.45, 7) is -0.776. The fourth-order valence-corrected chi connectivity index (χ4v) is 1.98. The van der Waals surface area contributed by atoms with Crippen LogP contribution in [0.1, 0.15) is 15.9 Å². The molecule has 0 heterocycles. The van der Waals surface area contributed by atoms with Crippen LogP contribution in [-0.2, 0) is 16.1 Å². The number of carbonyl (C=O) groups is 2. The van der Waals surface area contributed by atoms with Gasteiger partial charge < -0.3 is 10.1 Å². The minimum absolute atomic E-state index is 0.0546. The van der Waals surface area contributed by atoms with E-state index in [2.05, 4.69) is 5.32 Å². The number of esters is 1. The van der Waals surface area contributed by atoms with E-state index >= 15 is 0 Å². The van der Waals surface area contributed by atoms with Crippen LogP contribution in [0, 0.1) is 11.6 Å². The second kappa shape index (κ2) is 7.69. The summed E-state index contributed by atoms with van der Waals surface area (Å²) in [6.07, 6.45) is 0. The molecule has 0 saturated carbocycles. The number of rotatable bonds is 5. The monoisotopic (exact) mass is 339 g/mol. The van der Waals surface area contributed by atoms with Crippen molar-refractivity contribution in [3.05, 3.63) is 70.2 Å². The first-order valence-electron chi connectivity index (χ1n) is 6.59. The largest absolute Gasteiger partial charge is 0.459 e. The quantitative estimate of drug-likeness (QED) is 0.852. The van der Waals surface area contributed by atoms with E-state index in [0.717, 1.165) is 6.07 Å². The van der Waals surface area contributed by atoms with Crippen LogP contribution in [0.2, 0.25) is 5.02 Å². The highest BCUT2D eigenvalue weighted by Crippen LogP contribution is 2.19. The van der Waals surface area contributed by atoms with Crippen molar-refractivity contribution in [3.8, 4) is 0 Å². The SMILES string of the molecule is O=C(CNC(=O)c1cccc(F)c1)OCc1c(F)cccc1Cl. The van der Waals surface area contributed by atoms with E-state index in [1.165, 1.54) is 36.4 Å². The summed E-state index contributed by atoms with van der Waals surface area (Å²) in [5, 5.41) is 2.42. The molecule has 0 radical (unpaired) electrons. The van der Waals surface area contributed by atoms with Gasteiger partial charge in [-0.2, -0.15) is 0 Å². The molecule has 0 aliphatic carbocycles. The van der Waals surface area contributed by atoms with Crippen LogP contribution in [-0.4, -0.2) is 18.4 Å². The molecule has 0 spiro atoms. The molecule has 23 heavy (non-hydrogen) atoms. The van der Waals surface area contributed by atoms with E-state index in [-0.39, 0.29) is 22.8 Å². The number of hydrogen-bond acceptors (Lipinski definition) is 3. The van der Waals surface area contributed by atoms with Crippen LogP contribution in [0.5, 0.6) is 0 Å². The summed E-state index contributed by atoms with van der Waals surface area (Å²) in [4.78, 5) is 23.3. The molecule has 1 amide bonds. The van der Waals surface area contributed by atoms with E-state index in [0.29, 0.717) is 0 Å². The molecule has 0 bridgehead atoms. The second-order valence-corrected chi connectivity index (χ2v) is 4.96. The number of hydrogen-bond donors (Lipinski definition) is 1. The van der Waals surface area contributed by atoms with Gasteiger partial charge in [0.25, 0.3) is 5.91 Å². The highest BCUT2D eigenvalue weighted by Gasteiger charge is 2.12. The molecule has 0 fully saturated rings. The zero-order chi connectivity index (χ0) is 16.8. The third-order valence-electron chi connectivity index (χ3n) is 2.92. The molecule has 2 aromatic rings. The number of halogens is 3. The average molecular weight is 340 g/mol. The first-order valence-corrected chi connectivity index (χ1v) is 6.97. The molecular formula is C16H12ClF2NO3. The van der Waals surface area contributed by atoms with Crippen molar-refractivity contribution in [2.45, 2.75) is 6.61 Å². The summed E-state index contributed by atoms with van der Waals surface area (Å²) in [5.41, 5.74) is 0.133. The molecule has 2 rings (SSSR count). The lowest BCUT2D eigenvalue weighted by Gasteiger charge is -2.08. The first-order chi connectivity index (χ1) is 11.0. The zero-order valence-electron chi connectivity index (χ0n) is 11.8. The Hall–Kier alpha value is -2.47. The van der Waals surface area contributed by atoms with Gasteiger partial charge in [-0.3, -0.25) is 9.59 Å². The van der Waals surface area contributed by atoms with Gasteiger partial charge in [-0.1, -0.05) is 23.7 Å². The fraction of sp³-hybridized carbons (Fsp3) is 0.125. The molecule has 0 aliphatic heterocycles. The van der Waals surface area contributed by atoms with Crippen molar-refractivity contribution in [2.24, 2.45) is 0 Å². The molecular weight excluding hydrogens is 328 g/mol. The predicted molar refractivity (Wildman–Crippen MR) is 79.9 cm³/mol. The van der Waals surface area contributed by atoms with E-state index in [1.807, 2.05) is 0 Å². The summed E-state index contributed by atoms with van der Waals surface area (Å²) in [6, 6.07) is 9.12. The third-order valence-corrected chi connectivity index (χ3v) is 3.27. The Kier molecular flexibility index (Phi) is 5.65. The summed E-state index contributed by atoms with van der Waals surface area (Å²) >= 11 is 5.80.